The van der Waals surface area contributed by atoms with Crippen LogP contribution in [0.1, 0.15) is 21.5 Å². The standard InChI is InChI=1S/C33H25N2O2/c36-33(24-10-2-1-3-11-24)29-16-5-7-19-31(29)34-25-13-9-14-26(22-25)37-21-20-23-12-8-17-28-27-15-4-6-18-30(27)35-32(23)28/h1-19,34-35H,20-21H2. The van der Waals surface area contributed by atoms with Crippen LogP contribution in [0.2, 0.25) is 0 Å². The Balaban J connectivity index is 1.17. The summed E-state index contributed by atoms with van der Waals surface area (Å²) in [6.45, 7) is 0.525. The Morgan fingerprint density at radius 2 is 1.51 bits per heavy atom. The minimum atomic E-state index is -0.0257. The third kappa shape index (κ3) is 4.69. The molecule has 0 aliphatic heterocycles. The number of aromatic nitrogens is 1. The van der Waals surface area contributed by atoms with Gasteiger partial charge in [-0.2, -0.15) is 0 Å². The quantitative estimate of drug-likeness (QED) is 0.219. The smallest absolute Gasteiger partial charge is 0.195 e. The first-order chi connectivity index (χ1) is 18.3. The highest BCUT2D eigenvalue weighted by molar-refractivity contribution is 6.12. The van der Waals surface area contributed by atoms with Crippen molar-refractivity contribution in [1.82, 2.24) is 4.98 Å². The number of aromatic amines is 1. The van der Waals surface area contributed by atoms with Gasteiger partial charge in [-0.25, -0.2) is 0 Å². The van der Waals surface area contributed by atoms with Crippen LogP contribution in [-0.4, -0.2) is 17.4 Å². The zero-order valence-corrected chi connectivity index (χ0v) is 20.2. The number of nitrogens with one attached hydrogen (secondary N) is 2. The van der Waals surface area contributed by atoms with Gasteiger partial charge in [0.25, 0.3) is 0 Å². The van der Waals surface area contributed by atoms with Crippen LogP contribution in [0.25, 0.3) is 21.8 Å². The van der Waals surface area contributed by atoms with Gasteiger partial charge in [0.2, 0.25) is 0 Å². The highest BCUT2D eigenvalue weighted by Gasteiger charge is 2.13. The van der Waals surface area contributed by atoms with Gasteiger partial charge in [-0.15, -0.1) is 0 Å². The predicted octanol–water partition coefficient (Wildman–Crippen LogP) is 7.72. The minimum Gasteiger partial charge on any atom is -0.493 e. The van der Waals surface area contributed by atoms with E-state index in [0.29, 0.717) is 23.5 Å². The summed E-state index contributed by atoms with van der Waals surface area (Å²) in [6, 6.07) is 40.6. The molecule has 0 unspecified atom stereocenters. The fourth-order valence-electron chi connectivity index (χ4n) is 4.70. The average Bonchev–Trinajstić information content (AvgIpc) is 3.33. The molecule has 1 radical (unpaired) electrons. The minimum absolute atomic E-state index is 0.0257. The summed E-state index contributed by atoms with van der Waals surface area (Å²) >= 11 is 0. The first-order valence-electron chi connectivity index (χ1n) is 12.4. The van der Waals surface area contributed by atoms with Gasteiger partial charge in [0, 0.05) is 45.0 Å². The van der Waals surface area contributed by atoms with Gasteiger partial charge in [-0.3, -0.25) is 4.79 Å². The van der Waals surface area contributed by atoms with Crippen molar-refractivity contribution in [1.29, 1.82) is 0 Å². The molecular weight excluding hydrogens is 456 g/mol. The molecule has 0 atom stereocenters. The average molecular weight is 482 g/mol. The van der Waals surface area contributed by atoms with E-state index in [1.165, 1.54) is 16.3 Å². The van der Waals surface area contributed by atoms with Gasteiger partial charge in [-0.1, -0.05) is 84.9 Å². The fourth-order valence-corrected chi connectivity index (χ4v) is 4.70. The van der Waals surface area contributed by atoms with E-state index in [-0.39, 0.29) is 5.78 Å². The summed E-state index contributed by atoms with van der Waals surface area (Å²) in [4.78, 5) is 16.6. The number of carbonyl (C=O) groups is 1. The second-order valence-electron chi connectivity index (χ2n) is 8.90. The summed E-state index contributed by atoms with van der Waals surface area (Å²) in [5, 5.41) is 5.82. The lowest BCUT2D eigenvalue weighted by Gasteiger charge is -2.13. The Kier molecular flexibility index (Phi) is 6.14. The largest absolute Gasteiger partial charge is 0.493 e. The molecule has 1 heterocycles. The lowest BCUT2D eigenvalue weighted by atomic mass is 10.0. The number of para-hydroxylation sites is 3. The van der Waals surface area contributed by atoms with Gasteiger partial charge >= 0.3 is 0 Å². The molecule has 0 saturated heterocycles. The molecule has 37 heavy (non-hydrogen) atoms. The van der Waals surface area contributed by atoms with Crippen molar-refractivity contribution in [2.45, 2.75) is 6.42 Å². The predicted molar refractivity (Wildman–Crippen MR) is 150 cm³/mol. The number of rotatable bonds is 8. The number of hydrogen-bond acceptors (Lipinski definition) is 3. The molecule has 2 N–H and O–H groups in total. The van der Waals surface area contributed by atoms with Crippen molar-refractivity contribution in [2.75, 3.05) is 11.9 Å². The molecule has 5 aromatic carbocycles. The number of anilines is 2. The molecule has 0 spiro atoms. The van der Waals surface area contributed by atoms with Crippen LogP contribution >= 0.6 is 0 Å². The molecule has 179 valence electrons. The maximum Gasteiger partial charge on any atom is 0.195 e. The van der Waals surface area contributed by atoms with Crippen molar-refractivity contribution in [3.8, 4) is 5.75 Å². The Morgan fingerprint density at radius 1 is 0.757 bits per heavy atom. The van der Waals surface area contributed by atoms with Crippen LogP contribution in [-0.2, 0) is 6.42 Å². The maximum atomic E-state index is 13.1. The molecule has 4 nitrogen and oxygen atoms in total. The van der Waals surface area contributed by atoms with Crippen molar-refractivity contribution in [2.24, 2.45) is 0 Å². The SMILES string of the molecule is O=C(c1ccccc1)c1ccccc1Nc1[c]c(OCCc2cccc3c2[nH]c2ccccc23)ccc1. The number of benzene rings is 5. The van der Waals surface area contributed by atoms with Crippen molar-refractivity contribution in [3.63, 3.8) is 0 Å². The zero-order valence-electron chi connectivity index (χ0n) is 20.2. The van der Waals surface area contributed by atoms with Crippen LogP contribution in [0.4, 0.5) is 11.4 Å². The van der Waals surface area contributed by atoms with Crippen molar-refractivity contribution in [3.05, 3.63) is 138 Å². The third-order valence-electron chi connectivity index (χ3n) is 6.50. The highest BCUT2D eigenvalue weighted by atomic mass is 16.5. The van der Waals surface area contributed by atoms with Crippen LogP contribution in [0.5, 0.6) is 5.75 Å². The molecule has 0 aliphatic carbocycles. The number of hydrogen-bond donors (Lipinski definition) is 2. The van der Waals surface area contributed by atoms with E-state index < -0.39 is 0 Å². The van der Waals surface area contributed by atoms with E-state index in [9.17, 15) is 4.79 Å². The number of ketones is 1. The molecule has 1 aromatic heterocycles. The molecular formula is C33H25N2O2. The molecule has 6 rings (SSSR count). The Hall–Kier alpha value is -4.83. The van der Waals surface area contributed by atoms with Gasteiger partial charge in [0.1, 0.15) is 5.75 Å². The van der Waals surface area contributed by atoms with Gasteiger partial charge in [-0.05, 0) is 35.9 Å². The second-order valence-corrected chi connectivity index (χ2v) is 8.90. The van der Waals surface area contributed by atoms with Crippen LogP contribution < -0.4 is 10.1 Å². The van der Waals surface area contributed by atoms with Crippen LogP contribution in [0.3, 0.4) is 0 Å². The number of carbonyl (C=O) groups excluding carboxylic acids is 1. The zero-order chi connectivity index (χ0) is 25.0. The topological polar surface area (TPSA) is 54.1 Å². The van der Waals surface area contributed by atoms with Crippen LogP contribution in [0, 0.1) is 6.07 Å². The van der Waals surface area contributed by atoms with Gasteiger partial charge in [0.05, 0.1) is 18.4 Å². The van der Waals surface area contributed by atoms with Gasteiger partial charge in [0.15, 0.2) is 5.78 Å². The summed E-state index contributed by atoms with van der Waals surface area (Å²) < 4.78 is 6.08. The van der Waals surface area contributed by atoms with E-state index in [2.05, 4.69) is 52.8 Å². The summed E-state index contributed by atoms with van der Waals surface area (Å²) in [7, 11) is 0. The normalized spacial score (nSPS) is 11.0. The maximum absolute atomic E-state index is 13.1. The highest BCUT2D eigenvalue weighted by Crippen LogP contribution is 2.28. The van der Waals surface area contributed by atoms with Gasteiger partial charge < -0.3 is 15.0 Å². The molecule has 4 heteroatoms. The number of ether oxygens (including phenoxy) is 1. The Morgan fingerprint density at radius 3 is 2.43 bits per heavy atom. The monoisotopic (exact) mass is 481 g/mol. The molecule has 6 aromatic rings. The molecule has 0 saturated carbocycles. The second kappa shape index (κ2) is 10.0. The fraction of sp³-hybridized carbons (Fsp3) is 0.0606. The first kappa shape index (κ1) is 22.6. The van der Waals surface area contributed by atoms with E-state index in [0.717, 1.165) is 28.8 Å². The number of fused-ring (bicyclic) bond motifs is 3. The summed E-state index contributed by atoms with van der Waals surface area (Å²) in [6.07, 6.45) is 0.768. The van der Waals surface area contributed by atoms with E-state index in [4.69, 9.17) is 4.74 Å². The lowest BCUT2D eigenvalue weighted by Crippen LogP contribution is -2.06. The third-order valence-corrected chi connectivity index (χ3v) is 6.50. The van der Waals surface area contributed by atoms with Crippen molar-refractivity contribution < 1.29 is 9.53 Å². The van der Waals surface area contributed by atoms with Crippen molar-refractivity contribution >= 4 is 39.0 Å². The Labute approximate surface area is 215 Å². The van der Waals surface area contributed by atoms with E-state index >= 15 is 0 Å². The molecule has 0 amide bonds. The summed E-state index contributed by atoms with van der Waals surface area (Å²) in [5.41, 5.74) is 6.26. The lowest BCUT2D eigenvalue weighted by molar-refractivity contribution is 0.103. The molecule has 0 fully saturated rings. The van der Waals surface area contributed by atoms with E-state index in [1.807, 2.05) is 78.9 Å². The Bertz CT molecular complexity index is 1700. The summed E-state index contributed by atoms with van der Waals surface area (Å²) in [5.74, 6) is 0.628. The van der Waals surface area contributed by atoms with Crippen LogP contribution in [0.15, 0.2) is 115 Å². The first-order valence-corrected chi connectivity index (χ1v) is 12.4. The molecule has 0 bridgehead atoms. The van der Waals surface area contributed by atoms with E-state index in [1.54, 1.807) is 0 Å². The molecule has 0 aliphatic rings. The number of H-pyrrole nitrogens is 1.